The summed E-state index contributed by atoms with van der Waals surface area (Å²) in [6, 6.07) is 17.2. The van der Waals surface area contributed by atoms with E-state index in [9.17, 15) is 8.76 Å². The largest absolute Gasteiger partial charge is 0.772 e. The van der Waals surface area contributed by atoms with Crippen molar-refractivity contribution in [2.45, 2.75) is 12.7 Å². The fourth-order valence-corrected chi connectivity index (χ4v) is 2.87. The minimum Gasteiger partial charge on any atom is -0.772 e. The van der Waals surface area contributed by atoms with E-state index in [-0.39, 0.29) is 5.75 Å². The summed E-state index contributed by atoms with van der Waals surface area (Å²) in [5.74, 6) is 0.757. The minimum atomic E-state index is -2.08. The molecular weight excluding hydrogens is 298 g/mol. The number of hydrogen-bond acceptors (Lipinski definition) is 4. The van der Waals surface area contributed by atoms with E-state index in [1.165, 1.54) is 0 Å². The smallest absolute Gasteiger partial charge is 0.142 e. The van der Waals surface area contributed by atoms with Crippen molar-refractivity contribution in [2.75, 3.05) is 0 Å². The zero-order valence-corrected chi connectivity index (χ0v) is 12.8. The van der Waals surface area contributed by atoms with Gasteiger partial charge in [-0.05, 0) is 18.1 Å². The monoisotopic (exact) mass is 312 g/mol. The lowest BCUT2D eigenvalue weighted by molar-refractivity contribution is 0.400. The molecule has 0 saturated heterocycles. The van der Waals surface area contributed by atoms with Gasteiger partial charge in [-0.3, -0.25) is 4.21 Å². The Balaban J connectivity index is 2.02. The van der Waals surface area contributed by atoms with Crippen molar-refractivity contribution in [3.05, 3.63) is 65.9 Å². The van der Waals surface area contributed by atoms with Crippen molar-refractivity contribution in [2.24, 2.45) is 0 Å². The van der Waals surface area contributed by atoms with E-state index in [2.05, 4.69) is 5.16 Å². The molecule has 0 aliphatic heterocycles. The highest BCUT2D eigenvalue weighted by atomic mass is 32.2. The van der Waals surface area contributed by atoms with Crippen LogP contribution in [0.15, 0.2) is 59.1 Å². The second-order valence-electron chi connectivity index (χ2n) is 4.97. The molecule has 0 radical (unpaired) electrons. The van der Waals surface area contributed by atoms with Gasteiger partial charge in [0.2, 0.25) is 0 Å². The molecular formula is C17H14NO3S-. The predicted octanol–water partition coefficient (Wildman–Crippen LogP) is 3.70. The Morgan fingerprint density at radius 2 is 1.73 bits per heavy atom. The molecule has 0 spiro atoms. The highest BCUT2D eigenvalue weighted by Gasteiger charge is 2.16. The van der Waals surface area contributed by atoms with Crippen LogP contribution in [0.1, 0.15) is 11.3 Å². The van der Waals surface area contributed by atoms with E-state index in [0.29, 0.717) is 0 Å². The second-order valence-corrected chi connectivity index (χ2v) is 5.87. The molecule has 1 unspecified atom stereocenters. The Morgan fingerprint density at radius 1 is 1.05 bits per heavy atom. The molecule has 0 aliphatic carbocycles. The number of nitrogens with zero attached hydrogens (tertiary/aromatic N) is 1. The summed E-state index contributed by atoms with van der Waals surface area (Å²) in [6.45, 7) is 1.87. The van der Waals surface area contributed by atoms with Crippen LogP contribution in [0.2, 0.25) is 0 Å². The van der Waals surface area contributed by atoms with E-state index in [4.69, 9.17) is 4.52 Å². The lowest BCUT2D eigenvalue weighted by Gasteiger charge is -2.07. The van der Waals surface area contributed by atoms with Gasteiger partial charge in [-0.1, -0.05) is 70.8 Å². The standard InChI is InChI=1S/C17H15NO3S/c1-12-16(14-9-7-13(8-10-14)11-22(19)20)17(18-21-12)15-5-3-2-4-6-15/h2-10H,11H2,1H3,(H,19,20)/p-1. The van der Waals surface area contributed by atoms with Crippen LogP contribution in [0.4, 0.5) is 0 Å². The number of benzene rings is 2. The first kappa shape index (κ1) is 14.7. The SMILES string of the molecule is Cc1onc(-c2ccccc2)c1-c1ccc(CS(=O)[O-])cc1. The van der Waals surface area contributed by atoms with Crippen molar-refractivity contribution in [3.8, 4) is 22.4 Å². The maximum absolute atomic E-state index is 10.8. The molecule has 0 N–H and O–H groups in total. The quantitative estimate of drug-likeness (QED) is 0.689. The van der Waals surface area contributed by atoms with Crippen LogP contribution in [-0.4, -0.2) is 13.9 Å². The topological polar surface area (TPSA) is 66.2 Å². The van der Waals surface area contributed by atoms with Gasteiger partial charge in [-0.15, -0.1) is 0 Å². The maximum atomic E-state index is 10.8. The van der Waals surface area contributed by atoms with E-state index >= 15 is 0 Å². The van der Waals surface area contributed by atoms with Crippen molar-refractivity contribution >= 4 is 11.1 Å². The first-order chi connectivity index (χ1) is 10.6. The third kappa shape index (κ3) is 3.00. The van der Waals surface area contributed by atoms with Crippen LogP contribution in [-0.2, 0) is 16.8 Å². The summed E-state index contributed by atoms with van der Waals surface area (Å²) >= 11 is -2.08. The third-order valence-corrected chi connectivity index (χ3v) is 4.01. The van der Waals surface area contributed by atoms with E-state index in [0.717, 1.165) is 33.7 Å². The molecule has 0 aliphatic rings. The predicted molar refractivity (Wildman–Crippen MR) is 84.7 cm³/mol. The van der Waals surface area contributed by atoms with Gasteiger partial charge in [0, 0.05) is 11.3 Å². The first-order valence-electron chi connectivity index (χ1n) is 6.82. The maximum Gasteiger partial charge on any atom is 0.142 e. The zero-order valence-electron chi connectivity index (χ0n) is 12.0. The average Bonchev–Trinajstić information content (AvgIpc) is 2.90. The molecule has 1 heterocycles. The van der Waals surface area contributed by atoms with Crippen molar-refractivity contribution in [1.29, 1.82) is 0 Å². The van der Waals surface area contributed by atoms with Gasteiger partial charge in [-0.2, -0.15) is 0 Å². The van der Waals surface area contributed by atoms with Gasteiger partial charge >= 0.3 is 0 Å². The fraction of sp³-hybridized carbons (Fsp3) is 0.118. The molecule has 0 bridgehead atoms. The Labute approximate surface area is 131 Å². The van der Waals surface area contributed by atoms with Crippen molar-refractivity contribution in [1.82, 2.24) is 5.16 Å². The molecule has 22 heavy (non-hydrogen) atoms. The summed E-state index contributed by atoms with van der Waals surface area (Å²) < 4.78 is 26.9. The summed E-state index contributed by atoms with van der Waals surface area (Å²) in [5, 5.41) is 4.16. The molecule has 1 atom stereocenters. The molecule has 0 fully saturated rings. The van der Waals surface area contributed by atoms with Crippen LogP contribution in [0.25, 0.3) is 22.4 Å². The lowest BCUT2D eigenvalue weighted by Crippen LogP contribution is -1.93. The molecule has 112 valence electrons. The van der Waals surface area contributed by atoms with Gasteiger partial charge in [0.25, 0.3) is 0 Å². The zero-order chi connectivity index (χ0) is 15.5. The molecule has 0 saturated carbocycles. The first-order valence-corrected chi connectivity index (χ1v) is 8.06. The fourth-order valence-electron chi connectivity index (χ4n) is 2.41. The number of hydrogen-bond donors (Lipinski definition) is 0. The molecule has 3 rings (SSSR count). The number of aromatic nitrogens is 1. The van der Waals surface area contributed by atoms with Gasteiger partial charge in [0.1, 0.15) is 11.5 Å². The van der Waals surface area contributed by atoms with Gasteiger partial charge in [0.15, 0.2) is 0 Å². The van der Waals surface area contributed by atoms with Crippen molar-refractivity contribution < 1.29 is 13.3 Å². The highest BCUT2D eigenvalue weighted by Crippen LogP contribution is 2.34. The van der Waals surface area contributed by atoms with Crippen LogP contribution >= 0.6 is 0 Å². The van der Waals surface area contributed by atoms with Crippen LogP contribution in [0.3, 0.4) is 0 Å². The third-order valence-electron chi connectivity index (χ3n) is 3.44. The number of rotatable bonds is 4. The van der Waals surface area contributed by atoms with Crippen LogP contribution in [0, 0.1) is 6.92 Å². The van der Waals surface area contributed by atoms with Crippen LogP contribution < -0.4 is 0 Å². The van der Waals surface area contributed by atoms with Crippen molar-refractivity contribution in [3.63, 3.8) is 0 Å². The van der Waals surface area contributed by atoms with E-state index in [1.54, 1.807) is 0 Å². The lowest BCUT2D eigenvalue weighted by atomic mass is 9.99. The average molecular weight is 312 g/mol. The second kappa shape index (κ2) is 6.25. The highest BCUT2D eigenvalue weighted by molar-refractivity contribution is 7.78. The molecule has 5 heteroatoms. The van der Waals surface area contributed by atoms with E-state index in [1.807, 2.05) is 61.5 Å². The molecule has 4 nitrogen and oxygen atoms in total. The Hall–Kier alpha value is -2.24. The van der Waals surface area contributed by atoms with Gasteiger partial charge in [-0.25, -0.2) is 0 Å². The normalized spacial score (nSPS) is 12.3. The van der Waals surface area contributed by atoms with Crippen LogP contribution in [0.5, 0.6) is 0 Å². The molecule has 3 aromatic rings. The number of aryl methyl sites for hydroxylation is 1. The summed E-state index contributed by atoms with van der Waals surface area (Å²) in [7, 11) is 0. The molecule has 1 aromatic heterocycles. The Bertz CT molecular complexity index is 795. The molecule has 2 aromatic carbocycles. The summed E-state index contributed by atoms with van der Waals surface area (Å²) in [5.41, 5.74) is 4.42. The Morgan fingerprint density at radius 3 is 2.36 bits per heavy atom. The van der Waals surface area contributed by atoms with E-state index < -0.39 is 11.1 Å². The summed E-state index contributed by atoms with van der Waals surface area (Å²) in [4.78, 5) is 0. The minimum absolute atomic E-state index is 0.0223. The summed E-state index contributed by atoms with van der Waals surface area (Å²) in [6.07, 6.45) is 0. The Kier molecular flexibility index (Phi) is 4.18. The van der Waals surface area contributed by atoms with Gasteiger partial charge in [0.05, 0.1) is 5.56 Å². The van der Waals surface area contributed by atoms with Gasteiger partial charge < -0.3 is 9.08 Å². The molecule has 0 amide bonds.